The first kappa shape index (κ1) is 23.9. The molecule has 28 heavy (non-hydrogen) atoms. The summed E-state index contributed by atoms with van der Waals surface area (Å²) in [4.78, 5) is 4.09. The largest absolute Gasteiger partial charge is 0.490 e. The van der Waals surface area contributed by atoms with Crippen LogP contribution in [-0.4, -0.2) is 26.2 Å². The van der Waals surface area contributed by atoms with Crippen LogP contribution in [0.25, 0.3) is 0 Å². The summed E-state index contributed by atoms with van der Waals surface area (Å²) >= 11 is 0. The number of ether oxygens (including phenoxy) is 2. The number of nitrogens with zero attached hydrogens (tertiary/aromatic N) is 1. The zero-order valence-electron chi connectivity index (χ0n) is 15.5. The van der Waals surface area contributed by atoms with Gasteiger partial charge < -0.3 is 20.1 Å². The van der Waals surface area contributed by atoms with E-state index in [9.17, 15) is 13.2 Å². The Morgan fingerprint density at radius 3 is 2.36 bits per heavy atom. The van der Waals surface area contributed by atoms with Crippen molar-refractivity contribution in [1.82, 2.24) is 10.6 Å². The summed E-state index contributed by atoms with van der Waals surface area (Å²) in [5, 5.41) is 6.11. The average Bonchev–Trinajstić information content (AvgIpc) is 2.65. The summed E-state index contributed by atoms with van der Waals surface area (Å²) in [5.41, 5.74) is 1.38. The van der Waals surface area contributed by atoms with Crippen LogP contribution >= 0.6 is 24.0 Å². The predicted octanol–water partition coefficient (Wildman–Crippen LogP) is 4.31. The highest BCUT2D eigenvalue weighted by atomic mass is 127. The summed E-state index contributed by atoms with van der Waals surface area (Å²) in [7, 11) is 1.59. The lowest BCUT2D eigenvalue weighted by Crippen LogP contribution is -2.36. The minimum absolute atomic E-state index is 0. The van der Waals surface area contributed by atoms with Crippen molar-refractivity contribution < 1.29 is 22.6 Å². The van der Waals surface area contributed by atoms with Crippen LogP contribution in [0.3, 0.4) is 0 Å². The number of halogens is 4. The third-order valence-electron chi connectivity index (χ3n) is 3.61. The molecule has 0 aliphatic rings. The van der Waals surface area contributed by atoms with Crippen molar-refractivity contribution in [3.05, 3.63) is 59.4 Å². The molecule has 2 N–H and O–H groups in total. The molecule has 0 saturated carbocycles. The minimum atomic E-state index is -2.96. The Bertz CT molecular complexity index is 759. The second-order valence-corrected chi connectivity index (χ2v) is 5.46. The molecule has 0 radical (unpaired) electrons. The van der Waals surface area contributed by atoms with Crippen LogP contribution in [0, 0.1) is 5.82 Å². The zero-order valence-corrected chi connectivity index (χ0v) is 17.9. The first-order valence-corrected chi connectivity index (χ1v) is 8.42. The maximum absolute atomic E-state index is 12.9. The van der Waals surface area contributed by atoms with Gasteiger partial charge in [0.05, 0.1) is 6.61 Å². The molecule has 9 heteroatoms. The number of alkyl halides is 2. The monoisotopic (exact) mass is 509 g/mol. The predicted molar refractivity (Wildman–Crippen MR) is 113 cm³/mol. The van der Waals surface area contributed by atoms with Gasteiger partial charge in [-0.2, -0.15) is 8.78 Å². The van der Waals surface area contributed by atoms with E-state index in [0.29, 0.717) is 24.7 Å². The SMILES string of the molecule is CCOc1cccc(CNC(=NC)NCc2ccc(F)cc2)c1OC(F)F.I. The first-order valence-electron chi connectivity index (χ1n) is 8.42. The van der Waals surface area contributed by atoms with Gasteiger partial charge in [-0.1, -0.05) is 24.3 Å². The number of hydrogen-bond donors (Lipinski definition) is 2. The lowest BCUT2D eigenvalue weighted by Gasteiger charge is -2.17. The molecule has 2 aromatic carbocycles. The second-order valence-electron chi connectivity index (χ2n) is 5.46. The molecular formula is C19H23F3IN3O2. The lowest BCUT2D eigenvalue weighted by atomic mass is 10.2. The van der Waals surface area contributed by atoms with Crippen LogP contribution < -0.4 is 20.1 Å². The molecule has 0 amide bonds. The van der Waals surface area contributed by atoms with Crippen LogP contribution in [0.15, 0.2) is 47.5 Å². The van der Waals surface area contributed by atoms with Gasteiger partial charge in [0.25, 0.3) is 0 Å². The first-order chi connectivity index (χ1) is 13.0. The van der Waals surface area contributed by atoms with Crippen molar-refractivity contribution in [1.29, 1.82) is 0 Å². The van der Waals surface area contributed by atoms with Crippen LogP contribution in [0.5, 0.6) is 11.5 Å². The molecule has 0 spiro atoms. The van der Waals surface area contributed by atoms with Crippen molar-refractivity contribution in [2.45, 2.75) is 26.6 Å². The summed E-state index contributed by atoms with van der Waals surface area (Å²) in [5.74, 6) is 0.410. The fourth-order valence-electron chi connectivity index (χ4n) is 2.38. The lowest BCUT2D eigenvalue weighted by molar-refractivity contribution is -0.0520. The molecule has 0 aromatic heterocycles. The summed E-state index contributed by atoms with van der Waals surface area (Å²) in [6, 6.07) is 11.0. The maximum Gasteiger partial charge on any atom is 0.387 e. The Kier molecular flexibility index (Phi) is 10.5. The number of para-hydroxylation sites is 1. The average molecular weight is 509 g/mol. The maximum atomic E-state index is 12.9. The third kappa shape index (κ3) is 7.45. The molecule has 2 aromatic rings. The molecule has 0 bridgehead atoms. The second kappa shape index (κ2) is 12.3. The highest BCUT2D eigenvalue weighted by molar-refractivity contribution is 14.0. The Morgan fingerprint density at radius 2 is 1.75 bits per heavy atom. The van der Waals surface area contributed by atoms with Gasteiger partial charge in [0.1, 0.15) is 5.82 Å². The van der Waals surface area contributed by atoms with Crippen molar-refractivity contribution in [2.24, 2.45) is 4.99 Å². The van der Waals surface area contributed by atoms with Gasteiger partial charge in [0.15, 0.2) is 17.5 Å². The third-order valence-corrected chi connectivity index (χ3v) is 3.61. The number of rotatable bonds is 8. The van der Waals surface area contributed by atoms with Crippen molar-refractivity contribution in [3.63, 3.8) is 0 Å². The Morgan fingerprint density at radius 1 is 1.07 bits per heavy atom. The van der Waals surface area contributed by atoms with Crippen LogP contribution in [0.2, 0.25) is 0 Å². The summed E-state index contributed by atoms with van der Waals surface area (Å²) in [6.45, 7) is -0.234. The topological polar surface area (TPSA) is 54.9 Å². The smallest absolute Gasteiger partial charge is 0.387 e. The molecule has 0 aliphatic carbocycles. The van der Waals surface area contributed by atoms with E-state index in [-0.39, 0.29) is 47.8 Å². The molecule has 5 nitrogen and oxygen atoms in total. The van der Waals surface area contributed by atoms with Crippen molar-refractivity contribution in [3.8, 4) is 11.5 Å². The Hall–Kier alpha value is -2.17. The molecule has 0 atom stereocenters. The fraction of sp³-hybridized carbons (Fsp3) is 0.316. The molecule has 154 valence electrons. The number of nitrogens with one attached hydrogen (secondary N) is 2. The molecule has 0 heterocycles. The van der Waals surface area contributed by atoms with Gasteiger partial charge in [-0.15, -0.1) is 24.0 Å². The summed E-state index contributed by atoms with van der Waals surface area (Å²) in [6.07, 6.45) is 0. The van der Waals surface area contributed by atoms with Crippen LogP contribution in [-0.2, 0) is 13.1 Å². The molecule has 0 saturated heterocycles. The van der Waals surface area contributed by atoms with E-state index in [0.717, 1.165) is 5.56 Å². The van der Waals surface area contributed by atoms with Crippen molar-refractivity contribution >= 4 is 29.9 Å². The Balaban J connectivity index is 0.00000392. The van der Waals surface area contributed by atoms with Gasteiger partial charge in [0.2, 0.25) is 0 Å². The summed E-state index contributed by atoms with van der Waals surface area (Å²) < 4.78 is 48.5. The van der Waals surface area contributed by atoms with Crippen LogP contribution in [0.4, 0.5) is 13.2 Å². The number of benzene rings is 2. The Labute approximate surface area is 179 Å². The molecular weight excluding hydrogens is 486 g/mol. The van der Waals surface area contributed by atoms with E-state index in [1.54, 1.807) is 44.3 Å². The normalized spacial score (nSPS) is 11.0. The van der Waals surface area contributed by atoms with E-state index in [1.807, 2.05) is 0 Å². The van der Waals surface area contributed by atoms with Gasteiger partial charge in [-0.25, -0.2) is 4.39 Å². The highest BCUT2D eigenvalue weighted by Gasteiger charge is 2.16. The molecule has 0 aliphatic heterocycles. The highest BCUT2D eigenvalue weighted by Crippen LogP contribution is 2.32. The van der Waals surface area contributed by atoms with Gasteiger partial charge in [-0.05, 0) is 30.7 Å². The number of guanidine groups is 1. The van der Waals surface area contributed by atoms with E-state index in [4.69, 9.17) is 4.74 Å². The van der Waals surface area contributed by atoms with E-state index < -0.39 is 6.61 Å². The molecule has 0 fully saturated rings. The van der Waals surface area contributed by atoms with Gasteiger partial charge in [0, 0.05) is 25.7 Å². The van der Waals surface area contributed by atoms with Gasteiger partial charge >= 0.3 is 6.61 Å². The molecule has 2 rings (SSSR count). The zero-order chi connectivity index (χ0) is 19.6. The van der Waals surface area contributed by atoms with E-state index in [2.05, 4.69) is 20.4 Å². The van der Waals surface area contributed by atoms with Crippen molar-refractivity contribution in [2.75, 3.05) is 13.7 Å². The fourth-order valence-corrected chi connectivity index (χ4v) is 2.38. The van der Waals surface area contributed by atoms with E-state index >= 15 is 0 Å². The number of aliphatic imine (C=N–C) groups is 1. The molecule has 0 unspecified atom stereocenters. The quantitative estimate of drug-likeness (QED) is 0.317. The van der Waals surface area contributed by atoms with E-state index in [1.165, 1.54) is 12.1 Å². The number of hydrogen-bond acceptors (Lipinski definition) is 3. The van der Waals surface area contributed by atoms with Gasteiger partial charge in [-0.3, -0.25) is 4.99 Å². The standard InChI is InChI=1S/C19H22F3N3O2.HI/c1-3-26-16-6-4-5-14(17(16)27-18(21)22)12-25-19(23-2)24-11-13-7-9-15(20)10-8-13;/h4-10,18H,3,11-12H2,1-2H3,(H2,23,24,25);1H. The van der Waals surface area contributed by atoms with Crippen LogP contribution in [0.1, 0.15) is 18.1 Å². The minimum Gasteiger partial charge on any atom is -0.490 e.